The van der Waals surface area contributed by atoms with E-state index in [9.17, 15) is 4.79 Å². The molecule has 0 aliphatic carbocycles. The van der Waals surface area contributed by atoms with Crippen LogP contribution in [0.4, 0.5) is 0 Å². The molecule has 1 N–H and O–H groups in total. The first-order valence-corrected chi connectivity index (χ1v) is 4.28. The Bertz CT molecular complexity index is 292. The molecule has 0 radical (unpaired) electrons. The van der Waals surface area contributed by atoms with Gasteiger partial charge in [0.15, 0.2) is 0 Å². The number of carbonyl (C=O) groups is 1. The van der Waals surface area contributed by atoms with Gasteiger partial charge in [-0.05, 0) is 6.07 Å². The lowest BCUT2D eigenvalue weighted by molar-refractivity contribution is -0.138. The molecule has 76 valence electrons. The zero-order valence-electron chi connectivity index (χ0n) is 7.85. The van der Waals surface area contributed by atoms with Crippen molar-refractivity contribution in [2.75, 3.05) is 13.1 Å². The molecule has 0 fully saturated rings. The maximum Gasteiger partial charge on any atom is 0.317 e. The van der Waals surface area contributed by atoms with E-state index in [0.717, 1.165) is 5.56 Å². The fourth-order valence-corrected chi connectivity index (χ4v) is 1.20. The number of furan rings is 1. The molecule has 0 atom stereocenters. The molecule has 0 saturated heterocycles. The van der Waals surface area contributed by atoms with Crippen molar-refractivity contribution in [3.8, 4) is 0 Å². The summed E-state index contributed by atoms with van der Waals surface area (Å²) in [5.74, 6) is -0.838. The van der Waals surface area contributed by atoms with Crippen LogP contribution in [0.15, 0.2) is 35.7 Å². The third-order valence-corrected chi connectivity index (χ3v) is 1.73. The normalized spacial score (nSPS) is 10.4. The first-order chi connectivity index (χ1) is 6.72. The molecular formula is C10H13NO3. The highest BCUT2D eigenvalue weighted by Crippen LogP contribution is 2.04. The molecule has 0 unspecified atom stereocenters. The summed E-state index contributed by atoms with van der Waals surface area (Å²) in [6.45, 7) is 4.71. The summed E-state index contributed by atoms with van der Waals surface area (Å²) in [7, 11) is 0. The van der Waals surface area contributed by atoms with Crippen LogP contribution in [0.3, 0.4) is 0 Å². The molecule has 4 nitrogen and oxygen atoms in total. The maximum atomic E-state index is 10.5. The molecule has 0 aliphatic rings. The van der Waals surface area contributed by atoms with Gasteiger partial charge in [-0.1, -0.05) is 6.08 Å². The smallest absolute Gasteiger partial charge is 0.317 e. The molecule has 0 amide bonds. The number of aliphatic carboxylic acids is 1. The molecule has 0 aromatic carbocycles. The van der Waals surface area contributed by atoms with Crippen molar-refractivity contribution in [2.45, 2.75) is 6.54 Å². The van der Waals surface area contributed by atoms with Crippen molar-refractivity contribution in [3.63, 3.8) is 0 Å². The Morgan fingerprint density at radius 3 is 3.00 bits per heavy atom. The first-order valence-electron chi connectivity index (χ1n) is 4.28. The van der Waals surface area contributed by atoms with Crippen LogP contribution >= 0.6 is 0 Å². The Labute approximate surface area is 82.4 Å². The van der Waals surface area contributed by atoms with E-state index in [1.807, 2.05) is 6.07 Å². The molecule has 1 aromatic heterocycles. The van der Waals surface area contributed by atoms with E-state index in [-0.39, 0.29) is 6.54 Å². The third kappa shape index (κ3) is 3.45. The summed E-state index contributed by atoms with van der Waals surface area (Å²) in [5, 5.41) is 8.64. The lowest BCUT2D eigenvalue weighted by atomic mass is 10.3. The second-order valence-corrected chi connectivity index (χ2v) is 2.98. The number of rotatable bonds is 6. The maximum absolute atomic E-state index is 10.5. The molecule has 14 heavy (non-hydrogen) atoms. The molecule has 1 rings (SSSR count). The van der Waals surface area contributed by atoms with Crippen molar-refractivity contribution in [3.05, 3.63) is 36.8 Å². The first kappa shape index (κ1) is 10.5. The van der Waals surface area contributed by atoms with Gasteiger partial charge in [-0.15, -0.1) is 6.58 Å². The minimum absolute atomic E-state index is 0.0111. The standard InChI is InChI=1S/C10H13NO3/c1-2-4-11(7-10(12)13)6-9-3-5-14-8-9/h2-3,5,8H,1,4,6-7H2,(H,12,13). The molecule has 0 aliphatic heterocycles. The van der Waals surface area contributed by atoms with Crippen LogP contribution in [0.2, 0.25) is 0 Å². The Morgan fingerprint density at radius 2 is 2.50 bits per heavy atom. The van der Waals surface area contributed by atoms with Crippen LogP contribution in [0.1, 0.15) is 5.56 Å². The highest BCUT2D eigenvalue weighted by Gasteiger charge is 2.08. The molecule has 1 aromatic rings. The van der Waals surface area contributed by atoms with Crippen LogP contribution in [0.25, 0.3) is 0 Å². The summed E-state index contributed by atoms with van der Waals surface area (Å²) < 4.78 is 4.90. The number of hydrogen-bond donors (Lipinski definition) is 1. The van der Waals surface area contributed by atoms with E-state index in [1.165, 1.54) is 0 Å². The van der Waals surface area contributed by atoms with Crippen molar-refractivity contribution < 1.29 is 14.3 Å². The number of nitrogens with zero attached hydrogens (tertiary/aromatic N) is 1. The van der Waals surface area contributed by atoms with Gasteiger partial charge in [-0.25, -0.2) is 0 Å². The summed E-state index contributed by atoms with van der Waals surface area (Å²) >= 11 is 0. The predicted molar refractivity (Wildman–Crippen MR) is 51.8 cm³/mol. The zero-order chi connectivity index (χ0) is 10.4. The van der Waals surface area contributed by atoms with Crippen molar-refractivity contribution in [1.82, 2.24) is 4.90 Å². The Hall–Kier alpha value is -1.55. The highest BCUT2D eigenvalue weighted by molar-refractivity contribution is 5.69. The van der Waals surface area contributed by atoms with Gasteiger partial charge >= 0.3 is 5.97 Å². The van der Waals surface area contributed by atoms with Gasteiger partial charge in [-0.3, -0.25) is 9.69 Å². The SMILES string of the molecule is C=CCN(CC(=O)O)Cc1ccoc1. The molecule has 0 bridgehead atoms. The average molecular weight is 195 g/mol. The van der Waals surface area contributed by atoms with Gasteiger partial charge in [0.2, 0.25) is 0 Å². The van der Waals surface area contributed by atoms with Crippen molar-refractivity contribution in [2.24, 2.45) is 0 Å². The Balaban J connectivity index is 2.50. The lowest BCUT2D eigenvalue weighted by Crippen LogP contribution is -2.29. The summed E-state index contributed by atoms with van der Waals surface area (Å²) in [4.78, 5) is 12.3. The van der Waals surface area contributed by atoms with E-state index in [4.69, 9.17) is 9.52 Å². The van der Waals surface area contributed by atoms with Crippen molar-refractivity contribution >= 4 is 5.97 Å². The average Bonchev–Trinajstić information content (AvgIpc) is 2.56. The van der Waals surface area contributed by atoms with E-state index in [2.05, 4.69) is 6.58 Å². The topological polar surface area (TPSA) is 53.7 Å². The molecular weight excluding hydrogens is 182 g/mol. The minimum Gasteiger partial charge on any atom is -0.480 e. The number of carboxylic acid groups (broad SMARTS) is 1. The fraction of sp³-hybridized carbons (Fsp3) is 0.300. The van der Waals surface area contributed by atoms with Gasteiger partial charge in [0, 0.05) is 18.7 Å². The summed E-state index contributed by atoms with van der Waals surface area (Å²) in [5.41, 5.74) is 0.966. The van der Waals surface area contributed by atoms with Gasteiger partial charge in [0.25, 0.3) is 0 Å². The van der Waals surface area contributed by atoms with Gasteiger partial charge < -0.3 is 9.52 Å². The van der Waals surface area contributed by atoms with E-state index in [0.29, 0.717) is 13.1 Å². The fourth-order valence-electron chi connectivity index (χ4n) is 1.20. The van der Waals surface area contributed by atoms with Crippen molar-refractivity contribution in [1.29, 1.82) is 0 Å². The molecule has 4 heteroatoms. The summed E-state index contributed by atoms with van der Waals surface area (Å²) in [6, 6.07) is 1.82. The highest BCUT2D eigenvalue weighted by atomic mass is 16.4. The molecule has 1 heterocycles. The second kappa shape index (κ2) is 5.24. The van der Waals surface area contributed by atoms with Gasteiger partial charge in [0.1, 0.15) is 0 Å². The van der Waals surface area contributed by atoms with E-state index in [1.54, 1.807) is 23.5 Å². The molecule has 0 saturated carbocycles. The third-order valence-electron chi connectivity index (χ3n) is 1.73. The van der Waals surface area contributed by atoms with Crippen LogP contribution < -0.4 is 0 Å². The predicted octanol–water partition coefficient (Wildman–Crippen LogP) is 1.35. The summed E-state index contributed by atoms with van der Waals surface area (Å²) in [6.07, 6.45) is 4.86. The second-order valence-electron chi connectivity index (χ2n) is 2.98. The quantitative estimate of drug-likeness (QED) is 0.696. The Morgan fingerprint density at radius 1 is 1.71 bits per heavy atom. The van der Waals surface area contributed by atoms with Gasteiger partial charge in [0.05, 0.1) is 19.1 Å². The number of carboxylic acids is 1. The van der Waals surface area contributed by atoms with Gasteiger partial charge in [-0.2, -0.15) is 0 Å². The number of hydrogen-bond acceptors (Lipinski definition) is 3. The van der Waals surface area contributed by atoms with Crippen LogP contribution in [-0.2, 0) is 11.3 Å². The van der Waals surface area contributed by atoms with Crippen LogP contribution in [0.5, 0.6) is 0 Å². The van der Waals surface area contributed by atoms with E-state index >= 15 is 0 Å². The largest absolute Gasteiger partial charge is 0.480 e. The lowest BCUT2D eigenvalue weighted by Gasteiger charge is -2.16. The van der Waals surface area contributed by atoms with E-state index < -0.39 is 5.97 Å². The minimum atomic E-state index is -0.838. The van der Waals surface area contributed by atoms with Crippen LogP contribution in [0, 0.1) is 0 Å². The zero-order valence-corrected chi connectivity index (χ0v) is 7.85. The Kier molecular flexibility index (Phi) is 3.94. The molecule has 0 spiro atoms. The monoisotopic (exact) mass is 195 g/mol. The van der Waals surface area contributed by atoms with Crippen LogP contribution in [-0.4, -0.2) is 29.1 Å².